The van der Waals surface area contributed by atoms with Gasteiger partial charge in [-0.3, -0.25) is 20.4 Å². The third kappa shape index (κ3) is 4.19. The number of nitrogens with zero attached hydrogens (tertiary/aromatic N) is 5. The molecule has 0 saturated carbocycles. The van der Waals surface area contributed by atoms with Crippen LogP contribution in [0.3, 0.4) is 0 Å². The third-order valence-electron chi connectivity index (χ3n) is 5.24. The number of tetrazole rings is 1. The van der Waals surface area contributed by atoms with E-state index in [1.54, 1.807) is 24.3 Å². The summed E-state index contributed by atoms with van der Waals surface area (Å²) in [6, 6.07) is 26.5. The van der Waals surface area contributed by atoms with Crippen molar-refractivity contribution in [2.24, 2.45) is 0 Å². The van der Waals surface area contributed by atoms with Gasteiger partial charge in [0.05, 0.1) is 5.69 Å². The first-order valence-corrected chi connectivity index (χ1v) is 10.3. The van der Waals surface area contributed by atoms with Gasteiger partial charge in [0, 0.05) is 22.2 Å². The Kier molecular flexibility index (Phi) is 5.34. The zero-order valence-corrected chi connectivity index (χ0v) is 17.4. The molecule has 0 aliphatic carbocycles. The average molecular weight is 437 g/mol. The molecule has 2 heterocycles. The van der Waals surface area contributed by atoms with Gasteiger partial charge >= 0.3 is 0 Å². The van der Waals surface area contributed by atoms with E-state index in [4.69, 9.17) is 0 Å². The Bertz CT molecular complexity index is 1410. The molecule has 0 aliphatic rings. The highest BCUT2D eigenvalue weighted by Crippen LogP contribution is 2.28. The Morgan fingerprint density at radius 1 is 0.848 bits per heavy atom. The first-order chi connectivity index (χ1) is 16.2. The Balaban J connectivity index is 1.29. The van der Waals surface area contributed by atoms with E-state index in [1.165, 1.54) is 11.0 Å². The lowest BCUT2D eigenvalue weighted by Gasteiger charge is -2.12. The largest absolute Gasteiger partial charge is 0.331 e. The van der Waals surface area contributed by atoms with E-state index in [2.05, 4.69) is 32.4 Å². The van der Waals surface area contributed by atoms with Crippen LogP contribution in [0.5, 0.6) is 0 Å². The second-order valence-corrected chi connectivity index (χ2v) is 7.34. The normalized spacial score (nSPS) is 10.8. The number of hydrazine groups is 1. The second kappa shape index (κ2) is 8.75. The van der Waals surface area contributed by atoms with Gasteiger partial charge < -0.3 is 4.57 Å². The molecule has 0 atom stereocenters. The molecule has 3 aromatic carbocycles. The number of hydrogen-bond acceptors (Lipinski definition) is 5. The molecule has 0 saturated heterocycles. The standard InChI is InChI=1S/C24H19N7O2/c32-23(26-27-24(33)18-10-12-20(13-11-18)31-16-25-28-29-31)15-30-21-9-5-4-8-19(21)14-22(30)17-6-2-1-3-7-17/h1-14,16H,15H2,(H,26,32)(H,27,33). The van der Waals surface area contributed by atoms with Crippen LogP contribution in [0.4, 0.5) is 0 Å². The van der Waals surface area contributed by atoms with E-state index < -0.39 is 5.91 Å². The van der Waals surface area contributed by atoms with Crippen molar-refractivity contribution >= 4 is 22.7 Å². The van der Waals surface area contributed by atoms with Gasteiger partial charge in [0.15, 0.2) is 0 Å². The van der Waals surface area contributed by atoms with Crippen LogP contribution < -0.4 is 10.9 Å². The summed E-state index contributed by atoms with van der Waals surface area (Å²) in [7, 11) is 0. The van der Waals surface area contributed by atoms with Crippen LogP contribution in [-0.2, 0) is 11.3 Å². The Morgan fingerprint density at radius 2 is 1.61 bits per heavy atom. The van der Waals surface area contributed by atoms with E-state index in [0.29, 0.717) is 11.3 Å². The number of hydrogen-bond donors (Lipinski definition) is 2. The molecule has 0 fully saturated rings. The first-order valence-electron chi connectivity index (χ1n) is 10.3. The quantitative estimate of drug-likeness (QED) is 0.411. The van der Waals surface area contributed by atoms with Crippen LogP contribution in [0.15, 0.2) is 91.3 Å². The fraction of sp³-hybridized carbons (Fsp3) is 0.0417. The third-order valence-corrected chi connectivity index (χ3v) is 5.24. The van der Waals surface area contributed by atoms with Gasteiger partial charge in [0.2, 0.25) is 0 Å². The Morgan fingerprint density at radius 3 is 2.36 bits per heavy atom. The van der Waals surface area contributed by atoms with Crippen molar-refractivity contribution in [2.75, 3.05) is 0 Å². The van der Waals surface area contributed by atoms with Gasteiger partial charge in [-0.1, -0.05) is 48.5 Å². The van der Waals surface area contributed by atoms with Gasteiger partial charge in [-0.15, -0.1) is 5.10 Å². The molecule has 0 unspecified atom stereocenters. The van der Waals surface area contributed by atoms with Gasteiger partial charge in [-0.25, -0.2) is 4.68 Å². The molecule has 5 aromatic rings. The molecule has 5 rings (SSSR count). The molecular formula is C24H19N7O2. The lowest BCUT2D eigenvalue weighted by atomic mass is 10.1. The number of nitrogens with one attached hydrogen (secondary N) is 2. The smallest absolute Gasteiger partial charge is 0.269 e. The summed E-state index contributed by atoms with van der Waals surface area (Å²) in [6.45, 7) is 0.0518. The maximum atomic E-state index is 12.7. The van der Waals surface area contributed by atoms with Crippen molar-refractivity contribution in [2.45, 2.75) is 6.54 Å². The number of rotatable bonds is 5. The van der Waals surface area contributed by atoms with Gasteiger partial charge in [-0.2, -0.15) is 0 Å². The topological polar surface area (TPSA) is 107 Å². The highest BCUT2D eigenvalue weighted by atomic mass is 16.2. The molecule has 2 N–H and O–H groups in total. The minimum Gasteiger partial charge on any atom is -0.331 e. The molecule has 2 aromatic heterocycles. The maximum Gasteiger partial charge on any atom is 0.269 e. The second-order valence-electron chi connectivity index (χ2n) is 7.34. The molecule has 0 aliphatic heterocycles. The van der Waals surface area contributed by atoms with Crippen LogP contribution in [-0.4, -0.2) is 36.6 Å². The van der Waals surface area contributed by atoms with Gasteiger partial charge in [0.1, 0.15) is 12.9 Å². The number of carbonyl (C=O) groups is 2. The molecule has 33 heavy (non-hydrogen) atoms. The van der Waals surface area contributed by atoms with Crippen molar-refractivity contribution < 1.29 is 9.59 Å². The van der Waals surface area contributed by atoms with Crippen LogP contribution in [0.2, 0.25) is 0 Å². The Labute approximate surface area is 188 Å². The highest BCUT2D eigenvalue weighted by molar-refractivity contribution is 5.96. The van der Waals surface area contributed by atoms with E-state index in [-0.39, 0.29) is 12.5 Å². The van der Waals surface area contributed by atoms with Crippen molar-refractivity contribution in [3.05, 3.63) is 96.8 Å². The lowest BCUT2D eigenvalue weighted by Crippen LogP contribution is -2.43. The zero-order chi connectivity index (χ0) is 22.6. The molecule has 0 spiro atoms. The summed E-state index contributed by atoms with van der Waals surface area (Å²) >= 11 is 0. The summed E-state index contributed by atoms with van der Waals surface area (Å²) in [4.78, 5) is 25.2. The minimum absolute atomic E-state index is 0.0518. The monoisotopic (exact) mass is 437 g/mol. The summed E-state index contributed by atoms with van der Waals surface area (Å²) in [5, 5.41) is 12.0. The first kappa shape index (κ1) is 20.1. The number of aromatic nitrogens is 5. The van der Waals surface area contributed by atoms with Crippen LogP contribution in [0.1, 0.15) is 10.4 Å². The predicted octanol–water partition coefficient (Wildman–Crippen LogP) is 2.75. The van der Waals surface area contributed by atoms with E-state index in [0.717, 1.165) is 22.2 Å². The van der Waals surface area contributed by atoms with E-state index in [1.807, 2.05) is 59.2 Å². The van der Waals surface area contributed by atoms with E-state index in [9.17, 15) is 9.59 Å². The van der Waals surface area contributed by atoms with Crippen molar-refractivity contribution in [1.82, 2.24) is 35.6 Å². The molecule has 162 valence electrons. The molecule has 0 bridgehead atoms. The molecule has 0 radical (unpaired) electrons. The van der Waals surface area contributed by atoms with Gasteiger partial charge in [-0.05, 0) is 52.4 Å². The van der Waals surface area contributed by atoms with Gasteiger partial charge in [0.25, 0.3) is 11.8 Å². The van der Waals surface area contributed by atoms with Crippen LogP contribution >= 0.6 is 0 Å². The predicted molar refractivity (Wildman–Crippen MR) is 122 cm³/mol. The van der Waals surface area contributed by atoms with Crippen LogP contribution in [0, 0.1) is 0 Å². The maximum absolute atomic E-state index is 12.7. The highest BCUT2D eigenvalue weighted by Gasteiger charge is 2.14. The SMILES string of the molecule is O=C(Cn1c(-c2ccccc2)cc2ccccc21)NNC(=O)c1ccc(-n2cnnn2)cc1. The van der Waals surface area contributed by atoms with Crippen LogP contribution in [0.25, 0.3) is 27.8 Å². The van der Waals surface area contributed by atoms with Crippen molar-refractivity contribution in [1.29, 1.82) is 0 Å². The number of para-hydroxylation sites is 1. The lowest BCUT2D eigenvalue weighted by molar-refractivity contribution is -0.122. The fourth-order valence-corrected chi connectivity index (χ4v) is 3.66. The number of amides is 2. The molecule has 9 heteroatoms. The van der Waals surface area contributed by atoms with Crippen molar-refractivity contribution in [3.8, 4) is 16.9 Å². The molecule has 2 amide bonds. The van der Waals surface area contributed by atoms with E-state index >= 15 is 0 Å². The minimum atomic E-state index is -0.424. The Hall–Kier alpha value is -4.79. The summed E-state index contributed by atoms with van der Waals surface area (Å²) in [6.07, 6.45) is 1.46. The summed E-state index contributed by atoms with van der Waals surface area (Å²) in [5.41, 5.74) is 8.97. The summed E-state index contributed by atoms with van der Waals surface area (Å²) in [5.74, 6) is -0.764. The summed E-state index contributed by atoms with van der Waals surface area (Å²) < 4.78 is 3.42. The zero-order valence-electron chi connectivity index (χ0n) is 17.4. The molecule has 9 nitrogen and oxygen atoms in total. The fourth-order valence-electron chi connectivity index (χ4n) is 3.66. The number of fused-ring (bicyclic) bond motifs is 1. The number of benzene rings is 3. The molecular weight excluding hydrogens is 418 g/mol. The van der Waals surface area contributed by atoms with Crippen molar-refractivity contribution in [3.63, 3.8) is 0 Å². The number of carbonyl (C=O) groups excluding carboxylic acids is 2. The average Bonchev–Trinajstić information content (AvgIpc) is 3.52.